The van der Waals surface area contributed by atoms with E-state index in [0.29, 0.717) is 5.41 Å². The van der Waals surface area contributed by atoms with Crippen molar-refractivity contribution in [2.75, 3.05) is 31.1 Å². The first-order chi connectivity index (χ1) is 9.17. The molecule has 0 saturated carbocycles. The zero-order valence-corrected chi connectivity index (χ0v) is 12.1. The number of rotatable bonds is 1. The quantitative estimate of drug-likeness (QED) is 0.839. The molecule has 1 N–H and O–H groups in total. The molecule has 0 aliphatic carbocycles. The van der Waals surface area contributed by atoms with Crippen LogP contribution in [-0.4, -0.2) is 36.1 Å². The summed E-state index contributed by atoms with van der Waals surface area (Å²) in [4.78, 5) is 11.5. The van der Waals surface area contributed by atoms with Crippen LogP contribution in [0.1, 0.15) is 37.2 Å². The molecule has 2 saturated heterocycles. The van der Waals surface area contributed by atoms with E-state index in [1.807, 2.05) is 6.92 Å². The van der Waals surface area contributed by atoms with Crippen LogP contribution in [0.3, 0.4) is 0 Å². The van der Waals surface area contributed by atoms with Gasteiger partial charge in [0.1, 0.15) is 11.6 Å². The molecule has 3 heterocycles. The highest BCUT2D eigenvalue weighted by molar-refractivity contribution is 5.40. The van der Waals surface area contributed by atoms with E-state index in [9.17, 15) is 0 Å². The second-order valence-corrected chi connectivity index (χ2v) is 6.22. The topological polar surface area (TPSA) is 41.0 Å². The Labute approximate surface area is 115 Å². The summed E-state index contributed by atoms with van der Waals surface area (Å²) in [5, 5.41) is 3.58. The van der Waals surface area contributed by atoms with Crippen LogP contribution in [-0.2, 0) is 0 Å². The van der Waals surface area contributed by atoms with Crippen LogP contribution >= 0.6 is 0 Å². The molecule has 0 radical (unpaired) electrons. The molecule has 1 aromatic rings. The summed E-state index contributed by atoms with van der Waals surface area (Å²) in [5.74, 6) is 2.01. The number of hydrogen-bond donors (Lipinski definition) is 1. The molecule has 3 rings (SSSR count). The summed E-state index contributed by atoms with van der Waals surface area (Å²) in [6.07, 6.45) is 5.32. The number of anilines is 1. The highest BCUT2D eigenvalue weighted by atomic mass is 15.2. The van der Waals surface area contributed by atoms with Gasteiger partial charge in [-0.15, -0.1) is 0 Å². The first-order valence-electron chi connectivity index (χ1n) is 7.45. The van der Waals surface area contributed by atoms with Gasteiger partial charge in [-0.25, -0.2) is 9.97 Å². The van der Waals surface area contributed by atoms with Crippen LogP contribution in [0, 0.1) is 19.3 Å². The largest absolute Gasteiger partial charge is 0.356 e. The molecule has 4 heteroatoms. The number of nitrogens with one attached hydrogen (secondary N) is 1. The maximum atomic E-state index is 4.63. The van der Waals surface area contributed by atoms with Gasteiger partial charge in [0.2, 0.25) is 0 Å². The summed E-state index contributed by atoms with van der Waals surface area (Å²) in [7, 11) is 0. The van der Waals surface area contributed by atoms with Gasteiger partial charge in [-0.1, -0.05) is 0 Å². The van der Waals surface area contributed by atoms with Gasteiger partial charge >= 0.3 is 0 Å². The van der Waals surface area contributed by atoms with Crippen LogP contribution in [0.15, 0.2) is 6.07 Å². The van der Waals surface area contributed by atoms with E-state index in [1.54, 1.807) is 0 Å². The van der Waals surface area contributed by atoms with Crippen molar-refractivity contribution in [3.8, 4) is 0 Å². The first kappa shape index (κ1) is 12.9. The third kappa shape index (κ3) is 2.73. The van der Waals surface area contributed by atoms with E-state index < -0.39 is 0 Å². The van der Waals surface area contributed by atoms with Crippen molar-refractivity contribution in [3.63, 3.8) is 0 Å². The van der Waals surface area contributed by atoms with Gasteiger partial charge < -0.3 is 10.2 Å². The molecule has 0 amide bonds. The molecular weight excluding hydrogens is 236 g/mol. The Kier molecular flexibility index (Phi) is 3.44. The molecule has 2 aliphatic rings. The van der Waals surface area contributed by atoms with E-state index in [0.717, 1.165) is 30.4 Å². The molecule has 4 nitrogen and oxygen atoms in total. The van der Waals surface area contributed by atoms with E-state index in [4.69, 9.17) is 0 Å². The van der Waals surface area contributed by atoms with Gasteiger partial charge in [0, 0.05) is 36.8 Å². The fraction of sp³-hybridized carbons (Fsp3) is 0.733. The average Bonchev–Trinajstić information content (AvgIpc) is 2.38. The molecule has 1 spiro atoms. The molecule has 1 atom stereocenters. The lowest BCUT2D eigenvalue weighted by molar-refractivity contribution is 0.173. The molecule has 0 aromatic carbocycles. The van der Waals surface area contributed by atoms with Crippen molar-refractivity contribution in [1.82, 2.24) is 15.3 Å². The molecule has 1 unspecified atom stereocenters. The summed E-state index contributed by atoms with van der Waals surface area (Å²) in [6, 6.07) is 2.13. The monoisotopic (exact) mass is 260 g/mol. The Morgan fingerprint density at radius 1 is 1.21 bits per heavy atom. The molecule has 2 aliphatic heterocycles. The van der Waals surface area contributed by atoms with Crippen molar-refractivity contribution >= 4 is 5.82 Å². The number of hydrogen-bond acceptors (Lipinski definition) is 4. The van der Waals surface area contributed by atoms with Crippen molar-refractivity contribution in [3.05, 3.63) is 17.6 Å². The molecule has 0 bridgehead atoms. The zero-order valence-electron chi connectivity index (χ0n) is 12.1. The molecule has 2 fully saturated rings. The smallest absolute Gasteiger partial charge is 0.132 e. The molecular formula is C15H24N4. The Morgan fingerprint density at radius 2 is 2.05 bits per heavy atom. The Balaban J connectivity index is 1.80. The molecule has 104 valence electrons. The van der Waals surface area contributed by atoms with Crippen molar-refractivity contribution in [2.24, 2.45) is 5.41 Å². The normalized spacial score (nSPS) is 27.8. The van der Waals surface area contributed by atoms with Crippen LogP contribution in [0.2, 0.25) is 0 Å². The number of aryl methyl sites for hydroxylation is 2. The van der Waals surface area contributed by atoms with E-state index in [-0.39, 0.29) is 0 Å². The zero-order chi connectivity index (χ0) is 13.3. The van der Waals surface area contributed by atoms with Crippen LogP contribution < -0.4 is 10.2 Å². The minimum atomic E-state index is 0.475. The Hall–Kier alpha value is -1.16. The third-order valence-corrected chi connectivity index (χ3v) is 4.50. The van der Waals surface area contributed by atoms with Crippen molar-refractivity contribution < 1.29 is 0 Å². The predicted molar refractivity (Wildman–Crippen MR) is 77.5 cm³/mol. The fourth-order valence-corrected chi connectivity index (χ4v) is 3.64. The van der Waals surface area contributed by atoms with Crippen molar-refractivity contribution in [2.45, 2.75) is 39.5 Å². The van der Waals surface area contributed by atoms with Gasteiger partial charge in [0.15, 0.2) is 0 Å². The first-order valence-corrected chi connectivity index (χ1v) is 7.45. The minimum absolute atomic E-state index is 0.475. The summed E-state index contributed by atoms with van der Waals surface area (Å²) in [6.45, 7) is 8.69. The summed E-state index contributed by atoms with van der Waals surface area (Å²) >= 11 is 0. The van der Waals surface area contributed by atoms with Crippen LogP contribution in [0.5, 0.6) is 0 Å². The highest BCUT2D eigenvalue weighted by Crippen LogP contribution is 2.37. The summed E-state index contributed by atoms with van der Waals surface area (Å²) < 4.78 is 0. The van der Waals surface area contributed by atoms with E-state index >= 15 is 0 Å². The average molecular weight is 260 g/mol. The van der Waals surface area contributed by atoms with Gasteiger partial charge in [-0.3, -0.25) is 0 Å². The standard InChI is InChI=1S/C15H24N4/c1-12-9-14(18-13(2)17-12)19-8-4-6-15(11-19)5-3-7-16-10-15/h9,16H,3-8,10-11H2,1-2H3. The fourth-order valence-electron chi connectivity index (χ4n) is 3.64. The Bertz CT molecular complexity index is 426. The Morgan fingerprint density at radius 3 is 2.79 bits per heavy atom. The summed E-state index contributed by atoms with van der Waals surface area (Å²) in [5.41, 5.74) is 1.55. The van der Waals surface area contributed by atoms with Crippen LogP contribution in [0.25, 0.3) is 0 Å². The van der Waals surface area contributed by atoms with Crippen LogP contribution in [0.4, 0.5) is 5.82 Å². The lowest BCUT2D eigenvalue weighted by atomic mass is 9.74. The van der Waals surface area contributed by atoms with Gasteiger partial charge in [-0.2, -0.15) is 0 Å². The van der Waals surface area contributed by atoms with Gasteiger partial charge in [-0.05, 0) is 46.1 Å². The van der Waals surface area contributed by atoms with Crippen molar-refractivity contribution in [1.29, 1.82) is 0 Å². The number of nitrogens with zero attached hydrogens (tertiary/aromatic N) is 3. The number of aromatic nitrogens is 2. The van der Waals surface area contributed by atoms with Gasteiger partial charge in [0.05, 0.1) is 0 Å². The molecule has 19 heavy (non-hydrogen) atoms. The lowest BCUT2D eigenvalue weighted by Gasteiger charge is -2.45. The third-order valence-electron chi connectivity index (χ3n) is 4.50. The minimum Gasteiger partial charge on any atom is -0.356 e. The van der Waals surface area contributed by atoms with E-state index in [1.165, 1.54) is 38.8 Å². The predicted octanol–water partition coefficient (Wildman–Crippen LogP) is 2.06. The van der Waals surface area contributed by atoms with Gasteiger partial charge in [0.25, 0.3) is 0 Å². The maximum absolute atomic E-state index is 4.63. The van der Waals surface area contributed by atoms with E-state index in [2.05, 4.69) is 33.2 Å². The highest BCUT2D eigenvalue weighted by Gasteiger charge is 2.36. The number of piperidine rings is 2. The molecule has 1 aromatic heterocycles. The second-order valence-electron chi connectivity index (χ2n) is 6.22. The lowest BCUT2D eigenvalue weighted by Crippen LogP contribution is -2.51. The SMILES string of the molecule is Cc1cc(N2CCCC3(CCCNC3)C2)nc(C)n1. The maximum Gasteiger partial charge on any atom is 0.132 e. The second kappa shape index (κ2) is 5.08.